The van der Waals surface area contributed by atoms with Crippen molar-refractivity contribution in [3.63, 3.8) is 0 Å². The Hall–Kier alpha value is -3.32. The van der Waals surface area contributed by atoms with Crippen molar-refractivity contribution in [2.45, 2.75) is 38.0 Å². The van der Waals surface area contributed by atoms with Crippen LogP contribution in [0.1, 0.15) is 53.9 Å². The molecule has 0 bridgehead atoms. The number of carbonyl (C=O) groups is 1. The Morgan fingerprint density at radius 2 is 1.83 bits per heavy atom. The Kier molecular flexibility index (Phi) is 7.05. The van der Waals surface area contributed by atoms with E-state index in [-0.39, 0.29) is 5.91 Å². The number of benzene rings is 2. The monoisotopic (exact) mass is 483 g/mol. The van der Waals surface area contributed by atoms with E-state index in [1.807, 2.05) is 42.5 Å². The number of amides is 1. The zero-order chi connectivity index (χ0) is 24.2. The first kappa shape index (κ1) is 23.4. The third-order valence-corrected chi connectivity index (χ3v) is 6.94. The molecule has 2 heterocycles. The summed E-state index contributed by atoms with van der Waals surface area (Å²) in [6, 6.07) is 17.5. The first-order valence-electron chi connectivity index (χ1n) is 12.1. The van der Waals surface area contributed by atoms with Gasteiger partial charge in [0.25, 0.3) is 5.91 Å². The van der Waals surface area contributed by atoms with Gasteiger partial charge < -0.3 is 10.6 Å². The smallest absolute Gasteiger partial charge is 0.251 e. The Morgan fingerprint density at radius 3 is 2.60 bits per heavy atom. The number of aromatic nitrogens is 3. The summed E-state index contributed by atoms with van der Waals surface area (Å²) < 4.78 is 1.65. The van der Waals surface area contributed by atoms with Crippen LogP contribution >= 0.6 is 11.6 Å². The molecule has 2 radical (unpaired) electrons. The summed E-state index contributed by atoms with van der Waals surface area (Å²) in [5.74, 6) is 1.27. The number of hydrogen-bond acceptors (Lipinski definition) is 4. The van der Waals surface area contributed by atoms with E-state index in [0.29, 0.717) is 52.2 Å². The van der Waals surface area contributed by atoms with Gasteiger partial charge in [-0.3, -0.25) is 4.79 Å². The Morgan fingerprint density at radius 1 is 1.06 bits per heavy atom. The quantitative estimate of drug-likeness (QED) is 0.294. The van der Waals surface area contributed by atoms with Crippen LogP contribution in [-0.4, -0.2) is 41.4 Å². The Balaban J connectivity index is 1.23. The van der Waals surface area contributed by atoms with Crippen LogP contribution < -0.4 is 16.1 Å². The fourth-order valence-electron chi connectivity index (χ4n) is 4.72. The van der Waals surface area contributed by atoms with Crippen LogP contribution in [0.25, 0.3) is 16.9 Å². The molecule has 1 aliphatic rings. The molecular weight excluding hydrogens is 457 g/mol. The highest BCUT2D eigenvalue weighted by atomic mass is 35.5. The van der Waals surface area contributed by atoms with E-state index in [1.54, 1.807) is 10.7 Å². The Labute approximate surface area is 211 Å². The molecular formula is C27H27BClN5O. The van der Waals surface area contributed by atoms with Gasteiger partial charge >= 0.3 is 0 Å². The molecule has 35 heavy (non-hydrogen) atoms. The second-order valence-electron chi connectivity index (χ2n) is 8.98. The molecule has 0 spiro atoms. The van der Waals surface area contributed by atoms with Crippen molar-refractivity contribution >= 4 is 42.3 Å². The van der Waals surface area contributed by atoms with Crippen LogP contribution in [0.5, 0.6) is 0 Å². The average molecular weight is 484 g/mol. The highest BCUT2D eigenvalue weighted by Crippen LogP contribution is 2.32. The van der Waals surface area contributed by atoms with E-state index in [4.69, 9.17) is 19.4 Å². The normalized spacial score (nSPS) is 14.2. The number of rotatable bonds is 7. The van der Waals surface area contributed by atoms with Crippen molar-refractivity contribution in [3.8, 4) is 11.3 Å². The lowest BCUT2D eigenvalue weighted by Crippen LogP contribution is -2.29. The van der Waals surface area contributed by atoms with Gasteiger partial charge in [0.2, 0.25) is 0 Å². The molecule has 5 rings (SSSR count). The number of fused-ring (bicyclic) bond motifs is 1. The van der Waals surface area contributed by atoms with Crippen LogP contribution in [0.3, 0.4) is 0 Å². The fourth-order valence-corrected chi connectivity index (χ4v) is 4.96. The summed E-state index contributed by atoms with van der Waals surface area (Å²) in [4.78, 5) is 17.3. The maximum atomic E-state index is 12.6. The van der Waals surface area contributed by atoms with Crippen LogP contribution in [0.2, 0.25) is 5.02 Å². The molecule has 1 fully saturated rings. The van der Waals surface area contributed by atoms with Crippen LogP contribution in [0.4, 0.5) is 5.82 Å². The third-order valence-electron chi connectivity index (χ3n) is 6.62. The number of halogens is 1. The lowest BCUT2D eigenvalue weighted by molar-refractivity contribution is 0.0955. The number of carbonyl (C=O) groups excluding carboxylic acids is 1. The molecule has 1 saturated carbocycles. The van der Waals surface area contributed by atoms with E-state index >= 15 is 0 Å². The molecule has 0 unspecified atom stereocenters. The Bertz CT molecular complexity index is 1330. The van der Waals surface area contributed by atoms with Gasteiger partial charge in [0.15, 0.2) is 5.65 Å². The third kappa shape index (κ3) is 5.20. The molecule has 6 nitrogen and oxygen atoms in total. The maximum Gasteiger partial charge on any atom is 0.251 e. The first-order chi connectivity index (χ1) is 17.1. The van der Waals surface area contributed by atoms with Gasteiger partial charge in [-0.05, 0) is 48.0 Å². The van der Waals surface area contributed by atoms with Crippen molar-refractivity contribution in [2.24, 2.45) is 0 Å². The molecule has 0 aliphatic heterocycles. The molecule has 8 heteroatoms. The predicted octanol–water partition coefficient (Wildman–Crippen LogP) is 4.73. The average Bonchev–Trinajstić information content (AvgIpc) is 3.28. The topological polar surface area (TPSA) is 71.3 Å². The van der Waals surface area contributed by atoms with E-state index in [9.17, 15) is 4.79 Å². The molecule has 2 aromatic carbocycles. The van der Waals surface area contributed by atoms with Gasteiger partial charge in [-0.15, -0.1) is 0 Å². The summed E-state index contributed by atoms with van der Waals surface area (Å²) in [5.41, 5.74) is 4.55. The van der Waals surface area contributed by atoms with E-state index < -0.39 is 0 Å². The summed E-state index contributed by atoms with van der Waals surface area (Å²) >= 11 is 6.39. The van der Waals surface area contributed by atoms with Gasteiger partial charge in [0.1, 0.15) is 13.7 Å². The summed E-state index contributed by atoms with van der Waals surface area (Å²) in [6.07, 6.45) is 8.01. The summed E-state index contributed by atoms with van der Waals surface area (Å²) in [5, 5.41) is 11.3. The summed E-state index contributed by atoms with van der Waals surface area (Å²) in [7, 11) is 6.08. The molecule has 1 aliphatic carbocycles. The van der Waals surface area contributed by atoms with Crippen molar-refractivity contribution in [2.75, 3.05) is 18.4 Å². The SMILES string of the molecule is [B]c1cnn2c(NCCNC(=O)c3ccc(C4CCCCC4)cc3)cc(-c3ccccc3Cl)nc12. The standard InChI is InChI=1S/C27H27BClN5O/c28-22-17-32-34-25(16-24(33-26(22)34)21-8-4-5-9-23(21)29)30-14-15-31-27(35)20-12-10-19(11-13-20)18-6-2-1-3-7-18/h4-5,8-13,16-18,30H,1-3,6-7,14-15H2,(H,31,35). The number of anilines is 1. The van der Waals surface area contributed by atoms with Gasteiger partial charge in [0, 0.05) is 41.5 Å². The number of hydrogen-bond donors (Lipinski definition) is 2. The lowest BCUT2D eigenvalue weighted by Gasteiger charge is -2.22. The highest BCUT2D eigenvalue weighted by molar-refractivity contribution is 6.36. The van der Waals surface area contributed by atoms with E-state index in [2.05, 4.69) is 32.8 Å². The van der Waals surface area contributed by atoms with E-state index in [0.717, 1.165) is 5.56 Å². The largest absolute Gasteiger partial charge is 0.368 e. The predicted molar refractivity (Wildman–Crippen MR) is 142 cm³/mol. The maximum absolute atomic E-state index is 12.6. The number of nitrogens with zero attached hydrogens (tertiary/aromatic N) is 3. The second-order valence-corrected chi connectivity index (χ2v) is 9.39. The van der Waals surface area contributed by atoms with E-state index in [1.165, 1.54) is 37.7 Å². The van der Waals surface area contributed by atoms with Crippen molar-refractivity contribution in [3.05, 3.63) is 76.9 Å². The zero-order valence-electron chi connectivity index (χ0n) is 19.5. The van der Waals surface area contributed by atoms with Gasteiger partial charge in [-0.2, -0.15) is 9.61 Å². The molecule has 0 saturated heterocycles. The minimum Gasteiger partial charge on any atom is -0.368 e. The molecule has 2 aromatic heterocycles. The molecule has 2 N–H and O–H groups in total. The minimum absolute atomic E-state index is 0.0815. The molecule has 176 valence electrons. The van der Waals surface area contributed by atoms with Gasteiger partial charge in [0.05, 0.1) is 5.69 Å². The van der Waals surface area contributed by atoms with Gasteiger partial charge in [-0.25, -0.2) is 4.98 Å². The van der Waals surface area contributed by atoms with Gasteiger partial charge in [-0.1, -0.05) is 61.2 Å². The van der Waals surface area contributed by atoms with Crippen molar-refractivity contribution in [1.82, 2.24) is 19.9 Å². The van der Waals surface area contributed by atoms with Crippen LogP contribution in [0, 0.1) is 0 Å². The lowest BCUT2D eigenvalue weighted by atomic mass is 9.84. The minimum atomic E-state index is -0.0815. The fraction of sp³-hybridized carbons (Fsp3) is 0.296. The van der Waals surface area contributed by atoms with Crippen molar-refractivity contribution in [1.29, 1.82) is 0 Å². The molecule has 1 amide bonds. The molecule has 4 aromatic rings. The summed E-state index contributed by atoms with van der Waals surface area (Å²) in [6.45, 7) is 0.956. The molecule has 0 atom stereocenters. The van der Waals surface area contributed by atoms with Crippen LogP contribution in [-0.2, 0) is 0 Å². The number of nitrogens with one attached hydrogen (secondary N) is 2. The zero-order valence-corrected chi connectivity index (χ0v) is 20.3. The van der Waals surface area contributed by atoms with Crippen molar-refractivity contribution < 1.29 is 4.79 Å². The van der Waals surface area contributed by atoms with Crippen LogP contribution in [0.15, 0.2) is 60.8 Å². The first-order valence-corrected chi connectivity index (χ1v) is 12.5. The highest BCUT2D eigenvalue weighted by Gasteiger charge is 2.16. The second kappa shape index (κ2) is 10.5.